The van der Waals surface area contributed by atoms with E-state index in [1.165, 1.54) is 0 Å². The van der Waals surface area contributed by atoms with Gasteiger partial charge in [-0.25, -0.2) is 9.59 Å². The molecule has 1 heterocycles. The molecule has 1 N–H and O–H groups in total. The highest BCUT2D eigenvalue weighted by molar-refractivity contribution is 5.85. The van der Waals surface area contributed by atoms with Gasteiger partial charge in [-0.3, -0.25) is 0 Å². The molecule has 5 heteroatoms. The molecule has 118 valence electrons. The van der Waals surface area contributed by atoms with Crippen LogP contribution in [0.3, 0.4) is 0 Å². The fourth-order valence-corrected chi connectivity index (χ4v) is 2.41. The van der Waals surface area contributed by atoms with Crippen molar-refractivity contribution in [2.75, 3.05) is 6.54 Å². The number of nitrogens with zero attached hydrogens (tertiary/aromatic N) is 1. The predicted octanol–water partition coefficient (Wildman–Crippen LogP) is 3.08. The molecule has 0 spiro atoms. The molecule has 0 saturated carbocycles. The third kappa shape index (κ3) is 4.10. The van der Waals surface area contributed by atoms with E-state index in [9.17, 15) is 9.59 Å². The normalized spacial score (nSPS) is 14.8. The van der Waals surface area contributed by atoms with E-state index in [-0.39, 0.29) is 6.09 Å². The molecule has 1 aliphatic heterocycles. The van der Waals surface area contributed by atoms with Crippen LogP contribution in [0.15, 0.2) is 24.3 Å². The van der Waals surface area contributed by atoms with Gasteiger partial charge in [-0.15, -0.1) is 0 Å². The van der Waals surface area contributed by atoms with Crippen molar-refractivity contribution >= 4 is 18.1 Å². The van der Waals surface area contributed by atoms with Crippen molar-refractivity contribution in [3.05, 3.63) is 41.0 Å². The molecule has 5 nitrogen and oxygen atoms in total. The van der Waals surface area contributed by atoms with Crippen LogP contribution in [0.25, 0.3) is 6.08 Å². The molecule has 0 aromatic heterocycles. The van der Waals surface area contributed by atoms with Crippen molar-refractivity contribution in [1.82, 2.24) is 4.90 Å². The summed E-state index contributed by atoms with van der Waals surface area (Å²) in [4.78, 5) is 24.5. The second-order valence-electron chi connectivity index (χ2n) is 6.31. The second kappa shape index (κ2) is 6.22. The van der Waals surface area contributed by atoms with Crippen molar-refractivity contribution in [2.45, 2.75) is 39.3 Å². The maximum atomic E-state index is 12.2. The first-order valence-corrected chi connectivity index (χ1v) is 7.26. The molecule has 0 radical (unpaired) electrons. The van der Waals surface area contributed by atoms with E-state index in [2.05, 4.69) is 0 Å². The third-order valence-electron chi connectivity index (χ3n) is 3.37. The highest BCUT2D eigenvalue weighted by Crippen LogP contribution is 2.25. The molecular formula is C17H21NO4. The van der Waals surface area contributed by atoms with Gasteiger partial charge < -0.3 is 14.7 Å². The fraction of sp³-hybridized carbons (Fsp3) is 0.412. The van der Waals surface area contributed by atoms with E-state index >= 15 is 0 Å². The van der Waals surface area contributed by atoms with E-state index in [1.807, 2.05) is 39.0 Å². The summed E-state index contributed by atoms with van der Waals surface area (Å²) in [5.41, 5.74) is 2.43. The average molecular weight is 303 g/mol. The van der Waals surface area contributed by atoms with Gasteiger partial charge in [0.1, 0.15) is 5.60 Å². The number of hydrogen-bond acceptors (Lipinski definition) is 3. The first-order chi connectivity index (χ1) is 10.3. The van der Waals surface area contributed by atoms with Gasteiger partial charge in [0, 0.05) is 19.2 Å². The zero-order valence-corrected chi connectivity index (χ0v) is 13.1. The maximum Gasteiger partial charge on any atom is 0.410 e. The van der Waals surface area contributed by atoms with Gasteiger partial charge in [0.15, 0.2) is 0 Å². The maximum absolute atomic E-state index is 12.2. The summed E-state index contributed by atoms with van der Waals surface area (Å²) >= 11 is 0. The number of rotatable bonds is 2. The Bertz CT molecular complexity index is 614. The van der Waals surface area contributed by atoms with Gasteiger partial charge >= 0.3 is 12.1 Å². The van der Waals surface area contributed by atoms with Gasteiger partial charge in [0.05, 0.1) is 0 Å². The predicted molar refractivity (Wildman–Crippen MR) is 83.5 cm³/mol. The van der Waals surface area contributed by atoms with E-state index in [0.717, 1.165) is 29.2 Å². The lowest BCUT2D eigenvalue weighted by Crippen LogP contribution is -2.40. The fourth-order valence-electron chi connectivity index (χ4n) is 2.41. The molecule has 1 aromatic rings. The van der Waals surface area contributed by atoms with Crippen LogP contribution in [0.4, 0.5) is 4.79 Å². The zero-order valence-electron chi connectivity index (χ0n) is 13.1. The molecule has 1 aromatic carbocycles. The minimum Gasteiger partial charge on any atom is -0.478 e. The Morgan fingerprint density at radius 1 is 1.32 bits per heavy atom. The molecule has 0 unspecified atom stereocenters. The van der Waals surface area contributed by atoms with Gasteiger partial charge in [0.2, 0.25) is 0 Å². The number of fused-ring (bicyclic) bond motifs is 1. The van der Waals surface area contributed by atoms with E-state index in [1.54, 1.807) is 11.0 Å². The largest absolute Gasteiger partial charge is 0.478 e. The summed E-state index contributed by atoms with van der Waals surface area (Å²) in [6, 6.07) is 5.78. The number of benzene rings is 1. The van der Waals surface area contributed by atoms with Crippen molar-refractivity contribution in [2.24, 2.45) is 0 Å². The molecular weight excluding hydrogens is 282 g/mol. The minimum atomic E-state index is -0.989. The molecule has 1 amide bonds. The molecule has 0 fully saturated rings. The number of amides is 1. The lowest BCUT2D eigenvalue weighted by molar-refractivity contribution is -0.131. The Kier molecular flexibility index (Phi) is 4.54. The first kappa shape index (κ1) is 16.1. The van der Waals surface area contributed by atoms with Crippen LogP contribution in [0.5, 0.6) is 0 Å². The van der Waals surface area contributed by atoms with Crippen LogP contribution in [0, 0.1) is 0 Å². The molecule has 0 saturated heterocycles. The van der Waals surface area contributed by atoms with Crippen molar-refractivity contribution in [1.29, 1.82) is 0 Å². The number of carbonyl (C=O) groups excluding carboxylic acids is 1. The van der Waals surface area contributed by atoms with Gasteiger partial charge in [-0.1, -0.05) is 18.2 Å². The third-order valence-corrected chi connectivity index (χ3v) is 3.37. The minimum absolute atomic E-state index is 0.338. The molecule has 0 bridgehead atoms. The lowest BCUT2D eigenvalue weighted by atomic mass is 9.95. The summed E-state index contributed by atoms with van der Waals surface area (Å²) in [7, 11) is 0. The first-order valence-electron chi connectivity index (χ1n) is 7.26. The van der Waals surface area contributed by atoms with Crippen molar-refractivity contribution < 1.29 is 19.4 Å². The quantitative estimate of drug-likeness (QED) is 0.853. The van der Waals surface area contributed by atoms with E-state index in [0.29, 0.717) is 13.1 Å². The summed E-state index contributed by atoms with van der Waals surface area (Å²) in [5, 5.41) is 8.78. The summed E-state index contributed by atoms with van der Waals surface area (Å²) in [6.07, 6.45) is 3.08. The van der Waals surface area contributed by atoms with Gasteiger partial charge in [0.25, 0.3) is 0 Å². The van der Waals surface area contributed by atoms with Crippen LogP contribution in [-0.4, -0.2) is 34.2 Å². The molecule has 0 atom stereocenters. The molecule has 1 aliphatic rings. The Morgan fingerprint density at radius 2 is 2.05 bits per heavy atom. The highest BCUT2D eigenvalue weighted by atomic mass is 16.6. The molecule has 0 aliphatic carbocycles. The monoisotopic (exact) mass is 303 g/mol. The number of ether oxygens (including phenoxy) is 1. The zero-order chi connectivity index (χ0) is 16.3. The number of carboxylic acids is 1. The van der Waals surface area contributed by atoms with Crippen LogP contribution >= 0.6 is 0 Å². The summed E-state index contributed by atoms with van der Waals surface area (Å²) in [6.45, 7) is 6.55. The number of aliphatic carboxylic acids is 1. The van der Waals surface area contributed by atoms with Crippen LogP contribution in [-0.2, 0) is 22.5 Å². The Balaban J connectivity index is 2.21. The van der Waals surface area contributed by atoms with Crippen molar-refractivity contribution in [3.8, 4) is 0 Å². The smallest absolute Gasteiger partial charge is 0.410 e. The number of hydrogen-bond donors (Lipinski definition) is 1. The Labute approximate surface area is 130 Å². The molecule has 22 heavy (non-hydrogen) atoms. The van der Waals surface area contributed by atoms with Gasteiger partial charge in [-0.2, -0.15) is 0 Å². The van der Waals surface area contributed by atoms with Crippen molar-refractivity contribution in [3.63, 3.8) is 0 Å². The number of carboxylic acid groups (broad SMARTS) is 1. The Morgan fingerprint density at radius 3 is 2.68 bits per heavy atom. The molecule has 2 rings (SSSR count). The topological polar surface area (TPSA) is 66.8 Å². The average Bonchev–Trinajstić information content (AvgIpc) is 2.42. The summed E-state index contributed by atoms with van der Waals surface area (Å²) in [5.74, 6) is -0.989. The Hall–Kier alpha value is -2.30. The summed E-state index contributed by atoms with van der Waals surface area (Å²) < 4.78 is 5.41. The van der Waals surface area contributed by atoms with E-state index in [4.69, 9.17) is 9.84 Å². The standard InChI is InChI=1S/C17H21NO4/c1-17(2,3)22-16(21)18-10-9-13-6-4-5-12(14(13)11-18)7-8-15(19)20/h4-8H,9-11H2,1-3H3,(H,19,20)/b8-7+. The number of carbonyl (C=O) groups is 2. The van der Waals surface area contributed by atoms with Crippen LogP contribution < -0.4 is 0 Å². The highest BCUT2D eigenvalue weighted by Gasteiger charge is 2.26. The van der Waals surface area contributed by atoms with E-state index < -0.39 is 11.6 Å². The van der Waals surface area contributed by atoms with Crippen LogP contribution in [0.2, 0.25) is 0 Å². The second-order valence-corrected chi connectivity index (χ2v) is 6.31. The SMILES string of the molecule is CC(C)(C)OC(=O)N1CCc2cccc(/C=C/C(=O)O)c2C1. The van der Waals surface area contributed by atoms with Crippen LogP contribution in [0.1, 0.15) is 37.5 Å². The lowest BCUT2D eigenvalue weighted by Gasteiger charge is -2.32. The van der Waals surface area contributed by atoms with Gasteiger partial charge in [-0.05, 0) is 50.0 Å².